The molecular formula is C20H22ClF4N3O4. The summed E-state index contributed by atoms with van der Waals surface area (Å²) in [7, 11) is 0. The van der Waals surface area contributed by atoms with E-state index >= 15 is 0 Å². The lowest BCUT2D eigenvalue weighted by Gasteiger charge is -2.23. The number of carbonyl (C=O) groups is 1. The number of aromatic nitrogens is 3. The molecule has 1 fully saturated rings. The Morgan fingerprint density at radius 1 is 1.28 bits per heavy atom. The molecule has 1 saturated carbocycles. The molecule has 0 saturated heterocycles. The Labute approximate surface area is 185 Å². The highest BCUT2D eigenvalue weighted by molar-refractivity contribution is 6.15. The first-order chi connectivity index (χ1) is 14.7. The van der Waals surface area contributed by atoms with E-state index < -0.39 is 52.4 Å². The summed E-state index contributed by atoms with van der Waals surface area (Å²) >= 11 is 5.83. The quantitative estimate of drug-likeness (QED) is 0.345. The van der Waals surface area contributed by atoms with Gasteiger partial charge < -0.3 is 9.47 Å². The van der Waals surface area contributed by atoms with E-state index in [2.05, 4.69) is 5.10 Å². The van der Waals surface area contributed by atoms with Gasteiger partial charge in [-0.3, -0.25) is 4.57 Å². The van der Waals surface area contributed by atoms with E-state index in [1.807, 2.05) is 0 Å². The number of nitrogens with zero attached hydrogens (tertiary/aromatic N) is 3. The predicted octanol–water partition coefficient (Wildman–Crippen LogP) is 4.53. The molecule has 1 aromatic carbocycles. The van der Waals surface area contributed by atoms with Crippen LogP contribution < -0.4 is 10.4 Å². The van der Waals surface area contributed by atoms with Crippen LogP contribution in [0.1, 0.15) is 62.6 Å². The highest BCUT2D eigenvalue weighted by atomic mass is 35.5. The minimum atomic E-state index is -4.75. The molecule has 3 rings (SSSR count). The fourth-order valence-corrected chi connectivity index (χ4v) is 3.10. The summed E-state index contributed by atoms with van der Waals surface area (Å²) < 4.78 is 66.3. The normalized spacial score (nSPS) is 15.5. The molecule has 0 N–H and O–H groups in total. The number of ether oxygens (including phenoxy) is 2. The second-order valence-electron chi connectivity index (χ2n) is 8.48. The van der Waals surface area contributed by atoms with Crippen LogP contribution in [0, 0.1) is 5.82 Å². The van der Waals surface area contributed by atoms with Crippen LogP contribution in [0.15, 0.2) is 16.9 Å². The standard InChI is InChI=1S/C20H22ClF4N3O4/c1-10(20(23,24)25)31-15-8-14(13(22)7-12(15)17(29)32-19(2,3)4)28-18(30)27(9-21)16(26-28)11-5-6-11/h7-8,10-11H,5-6,9H2,1-4H3/t10-/m0/s1. The van der Waals surface area contributed by atoms with E-state index in [-0.39, 0.29) is 11.9 Å². The molecule has 12 heteroatoms. The lowest BCUT2D eigenvalue weighted by molar-refractivity contribution is -0.189. The molecule has 7 nitrogen and oxygen atoms in total. The lowest BCUT2D eigenvalue weighted by Crippen LogP contribution is -2.32. The molecule has 0 unspecified atom stereocenters. The van der Waals surface area contributed by atoms with Gasteiger partial charge in [-0.2, -0.15) is 17.9 Å². The fourth-order valence-electron chi connectivity index (χ4n) is 2.88. The van der Waals surface area contributed by atoms with Crippen LogP contribution in [0.3, 0.4) is 0 Å². The molecule has 0 amide bonds. The maximum atomic E-state index is 15.0. The number of benzene rings is 1. The number of rotatable bonds is 6. The van der Waals surface area contributed by atoms with Crippen LogP contribution in [0.2, 0.25) is 0 Å². The molecule has 1 aromatic heterocycles. The van der Waals surface area contributed by atoms with Crippen molar-refractivity contribution in [2.45, 2.75) is 70.3 Å². The summed E-state index contributed by atoms with van der Waals surface area (Å²) in [6.45, 7) is 5.38. The van der Waals surface area contributed by atoms with Gasteiger partial charge in [0.05, 0.1) is 0 Å². The highest BCUT2D eigenvalue weighted by Gasteiger charge is 2.39. The Kier molecular flexibility index (Phi) is 6.34. The average Bonchev–Trinajstić information content (AvgIpc) is 3.44. The van der Waals surface area contributed by atoms with Crippen molar-refractivity contribution in [3.05, 3.63) is 39.8 Å². The Morgan fingerprint density at radius 3 is 2.41 bits per heavy atom. The number of esters is 1. The van der Waals surface area contributed by atoms with E-state index in [1.54, 1.807) is 20.8 Å². The molecule has 1 aliphatic rings. The van der Waals surface area contributed by atoms with Gasteiger partial charge in [0.1, 0.15) is 40.2 Å². The van der Waals surface area contributed by atoms with Gasteiger partial charge in [-0.05, 0) is 46.6 Å². The van der Waals surface area contributed by atoms with Crippen molar-refractivity contribution in [2.24, 2.45) is 0 Å². The zero-order valence-corrected chi connectivity index (χ0v) is 18.6. The van der Waals surface area contributed by atoms with Crippen LogP contribution in [-0.4, -0.2) is 38.2 Å². The van der Waals surface area contributed by atoms with Gasteiger partial charge in [0.25, 0.3) is 0 Å². The summed E-state index contributed by atoms with van der Waals surface area (Å²) in [5.41, 5.74) is -2.78. The second-order valence-corrected chi connectivity index (χ2v) is 8.72. The minimum absolute atomic E-state index is 0.00669. The van der Waals surface area contributed by atoms with E-state index in [4.69, 9.17) is 21.1 Å². The van der Waals surface area contributed by atoms with Crippen LogP contribution in [0.4, 0.5) is 17.6 Å². The summed E-state index contributed by atoms with van der Waals surface area (Å²) in [6.07, 6.45) is -5.51. The van der Waals surface area contributed by atoms with Crippen molar-refractivity contribution in [3.8, 4) is 11.4 Å². The largest absolute Gasteiger partial charge is 0.480 e. The summed E-state index contributed by atoms with van der Waals surface area (Å²) in [4.78, 5) is 25.2. The molecule has 32 heavy (non-hydrogen) atoms. The predicted molar refractivity (Wildman–Crippen MR) is 107 cm³/mol. The highest BCUT2D eigenvalue weighted by Crippen LogP contribution is 2.39. The van der Waals surface area contributed by atoms with Gasteiger partial charge in [0.15, 0.2) is 6.10 Å². The van der Waals surface area contributed by atoms with Gasteiger partial charge >= 0.3 is 17.8 Å². The zero-order valence-electron chi connectivity index (χ0n) is 17.8. The van der Waals surface area contributed by atoms with Gasteiger partial charge in [-0.25, -0.2) is 14.0 Å². The molecule has 1 atom stereocenters. The van der Waals surface area contributed by atoms with Crippen LogP contribution in [0.5, 0.6) is 5.75 Å². The fraction of sp³-hybridized carbons (Fsp3) is 0.550. The Balaban J connectivity index is 2.14. The number of carbonyl (C=O) groups excluding carboxylic acids is 1. The van der Waals surface area contributed by atoms with E-state index in [0.717, 1.165) is 30.4 Å². The molecule has 1 aliphatic carbocycles. The molecule has 176 valence electrons. The topological polar surface area (TPSA) is 75.4 Å². The summed E-state index contributed by atoms with van der Waals surface area (Å²) in [6, 6.07) is 1.28. The third-order valence-corrected chi connectivity index (χ3v) is 4.85. The monoisotopic (exact) mass is 479 g/mol. The Bertz CT molecular complexity index is 1080. The smallest absolute Gasteiger partial charge is 0.425 e. The Hall–Kier alpha value is -2.56. The van der Waals surface area contributed by atoms with Crippen molar-refractivity contribution in [1.82, 2.24) is 14.3 Å². The number of halogens is 5. The maximum absolute atomic E-state index is 15.0. The SMILES string of the molecule is C[C@H](Oc1cc(-n2nc(C3CC3)n(CCl)c2=O)c(F)cc1C(=O)OC(C)(C)C)C(F)(F)F. The Morgan fingerprint density at radius 2 is 1.91 bits per heavy atom. The number of alkyl halides is 4. The summed E-state index contributed by atoms with van der Waals surface area (Å²) in [5, 5.41) is 4.13. The van der Waals surface area contributed by atoms with E-state index in [9.17, 15) is 27.2 Å². The van der Waals surface area contributed by atoms with Gasteiger partial charge in [0, 0.05) is 12.0 Å². The molecular weight excluding hydrogens is 458 g/mol. The third-order valence-electron chi connectivity index (χ3n) is 4.61. The maximum Gasteiger partial charge on any atom is 0.425 e. The van der Waals surface area contributed by atoms with Crippen LogP contribution in [-0.2, 0) is 10.7 Å². The van der Waals surface area contributed by atoms with Crippen molar-refractivity contribution in [3.63, 3.8) is 0 Å². The van der Waals surface area contributed by atoms with Gasteiger partial charge in [-0.15, -0.1) is 16.7 Å². The summed E-state index contributed by atoms with van der Waals surface area (Å²) in [5.74, 6) is -2.40. The molecule has 1 heterocycles. The molecule has 2 aromatic rings. The zero-order chi connectivity index (χ0) is 24.0. The lowest BCUT2D eigenvalue weighted by atomic mass is 10.1. The van der Waals surface area contributed by atoms with Crippen LogP contribution in [0.25, 0.3) is 5.69 Å². The molecule has 0 spiro atoms. The molecule has 0 aliphatic heterocycles. The first-order valence-electron chi connectivity index (χ1n) is 9.79. The average molecular weight is 480 g/mol. The van der Waals surface area contributed by atoms with Crippen molar-refractivity contribution in [2.75, 3.05) is 0 Å². The number of hydrogen-bond acceptors (Lipinski definition) is 5. The minimum Gasteiger partial charge on any atom is -0.480 e. The van der Waals surface area contributed by atoms with Crippen LogP contribution >= 0.6 is 11.6 Å². The first-order valence-corrected chi connectivity index (χ1v) is 10.3. The number of hydrogen-bond donors (Lipinski definition) is 0. The van der Waals surface area contributed by atoms with Crippen molar-refractivity contribution < 1.29 is 31.8 Å². The van der Waals surface area contributed by atoms with Crippen molar-refractivity contribution in [1.29, 1.82) is 0 Å². The molecule has 0 bridgehead atoms. The van der Waals surface area contributed by atoms with E-state index in [1.165, 1.54) is 0 Å². The van der Waals surface area contributed by atoms with Gasteiger partial charge in [-0.1, -0.05) is 0 Å². The first kappa shape index (κ1) is 24.1. The molecule has 0 radical (unpaired) electrons. The van der Waals surface area contributed by atoms with E-state index in [0.29, 0.717) is 16.6 Å². The van der Waals surface area contributed by atoms with Gasteiger partial charge in [0.2, 0.25) is 0 Å². The van der Waals surface area contributed by atoms with Crippen molar-refractivity contribution >= 4 is 17.6 Å². The second kappa shape index (κ2) is 8.42. The third kappa shape index (κ3) is 5.08.